The molecule has 0 aliphatic carbocycles. The second kappa shape index (κ2) is 5.35. The zero-order chi connectivity index (χ0) is 15.2. The predicted molar refractivity (Wildman–Crippen MR) is 84.3 cm³/mol. The van der Waals surface area contributed by atoms with E-state index in [1.54, 1.807) is 11.9 Å². The number of halogens is 1. The maximum Gasteiger partial charge on any atom is 0.222 e. The number of rotatable bonds is 1. The molecule has 1 N–H and O–H groups in total. The fourth-order valence-corrected chi connectivity index (χ4v) is 5.00. The number of hydrogen-bond acceptors (Lipinski definition) is 4. The molecular formula is C13H19ClN4O2S. The van der Waals surface area contributed by atoms with Crippen molar-refractivity contribution < 1.29 is 9.00 Å². The largest absolute Gasteiger partial charge is 0.344 e. The van der Waals surface area contributed by atoms with Gasteiger partial charge in [-0.3, -0.25) is 19.0 Å². The third kappa shape index (κ3) is 2.50. The third-order valence-corrected chi connectivity index (χ3v) is 6.77. The number of amides is 1. The summed E-state index contributed by atoms with van der Waals surface area (Å²) in [6.07, 6.45) is 1.99. The summed E-state index contributed by atoms with van der Waals surface area (Å²) in [5, 5.41) is 3.32. The van der Waals surface area contributed by atoms with E-state index in [2.05, 4.69) is 10.3 Å². The molecule has 0 radical (unpaired) electrons. The Morgan fingerprint density at radius 3 is 3.00 bits per heavy atom. The SMILES string of the molecule is CN1C[C@@H](N=C2NC(Cl)=NC3CCS(=O)C23C)CCC1=O. The topological polar surface area (TPSA) is 74.1 Å². The molecule has 2 fully saturated rings. The van der Waals surface area contributed by atoms with E-state index >= 15 is 0 Å². The first-order valence-corrected chi connectivity index (χ1v) is 8.82. The van der Waals surface area contributed by atoms with Crippen LogP contribution >= 0.6 is 11.6 Å². The van der Waals surface area contributed by atoms with Gasteiger partial charge in [-0.2, -0.15) is 0 Å². The summed E-state index contributed by atoms with van der Waals surface area (Å²) >= 11 is 6.05. The van der Waals surface area contributed by atoms with E-state index in [0.717, 1.165) is 12.8 Å². The fourth-order valence-electron chi connectivity index (χ4n) is 3.14. The van der Waals surface area contributed by atoms with Crippen molar-refractivity contribution in [2.75, 3.05) is 19.3 Å². The Kier molecular flexibility index (Phi) is 3.81. The van der Waals surface area contributed by atoms with Crippen LogP contribution < -0.4 is 5.32 Å². The number of aliphatic imine (C=N–C) groups is 2. The van der Waals surface area contributed by atoms with Gasteiger partial charge in [-0.1, -0.05) is 0 Å². The van der Waals surface area contributed by atoms with Gasteiger partial charge in [0.05, 0.1) is 12.1 Å². The van der Waals surface area contributed by atoms with Crippen LogP contribution in [-0.4, -0.2) is 62.3 Å². The summed E-state index contributed by atoms with van der Waals surface area (Å²) in [6, 6.07) is -0.0540. The van der Waals surface area contributed by atoms with Crippen molar-refractivity contribution in [1.29, 1.82) is 0 Å². The number of nitrogens with one attached hydrogen (secondary N) is 1. The van der Waals surface area contributed by atoms with Gasteiger partial charge < -0.3 is 10.2 Å². The molecule has 3 heterocycles. The highest BCUT2D eigenvalue weighted by atomic mass is 35.5. The molecule has 0 aromatic heterocycles. The lowest BCUT2D eigenvalue weighted by atomic mass is 9.96. The average Bonchev–Trinajstić information content (AvgIpc) is 2.72. The average molecular weight is 331 g/mol. The van der Waals surface area contributed by atoms with E-state index in [9.17, 15) is 9.00 Å². The summed E-state index contributed by atoms with van der Waals surface area (Å²) in [6.45, 7) is 2.53. The molecule has 3 aliphatic heterocycles. The van der Waals surface area contributed by atoms with Crippen molar-refractivity contribution in [2.45, 2.75) is 43.0 Å². The molecule has 0 spiro atoms. The van der Waals surface area contributed by atoms with Crippen LogP contribution in [0.2, 0.25) is 0 Å². The normalized spacial score (nSPS) is 41.8. The first-order valence-electron chi connectivity index (χ1n) is 7.12. The Labute approximate surface area is 131 Å². The summed E-state index contributed by atoms with van der Waals surface area (Å²) in [5.74, 6) is 1.44. The van der Waals surface area contributed by atoms with Gasteiger partial charge in [0.1, 0.15) is 10.6 Å². The number of amidine groups is 2. The van der Waals surface area contributed by atoms with Crippen LogP contribution in [0.15, 0.2) is 9.98 Å². The van der Waals surface area contributed by atoms with Crippen LogP contribution in [0.4, 0.5) is 0 Å². The molecule has 8 heteroatoms. The summed E-state index contributed by atoms with van der Waals surface area (Å²) in [4.78, 5) is 22.4. The quantitative estimate of drug-likeness (QED) is 0.711. The number of nitrogens with zero attached hydrogens (tertiary/aromatic N) is 3. The lowest BCUT2D eigenvalue weighted by molar-refractivity contribution is -0.132. The van der Waals surface area contributed by atoms with Gasteiger partial charge in [0, 0.05) is 36.6 Å². The highest BCUT2D eigenvalue weighted by Crippen LogP contribution is 2.35. The van der Waals surface area contributed by atoms with Crippen LogP contribution in [0.3, 0.4) is 0 Å². The molecule has 3 rings (SSSR count). The second-order valence-electron chi connectivity index (χ2n) is 5.95. The standard InChI is InChI=1S/C13H19ClN4O2S/c1-13-9(5-6-21(13)20)16-12(14)17-11(13)15-8-3-4-10(19)18(2)7-8/h8-9H,3-7H2,1-2H3,(H,15,16,17)/t8-,9?,13?,21?/m0/s1. The molecule has 2 saturated heterocycles. The van der Waals surface area contributed by atoms with E-state index in [4.69, 9.17) is 16.6 Å². The van der Waals surface area contributed by atoms with Crippen LogP contribution in [0, 0.1) is 0 Å². The zero-order valence-electron chi connectivity index (χ0n) is 12.1. The predicted octanol–water partition coefficient (Wildman–Crippen LogP) is 0.483. The van der Waals surface area contributed by atoms with Crippen molar-refractivity contribution in [3.63, 3.8) is 0 Å². The van der Waals surface area contributed by atoms with E-state index in [-0.39, 0.29) is 18.0 Å². The zero-order valence-corrected chi connectivity index (χ0v) is 13.7. The Bertz CT molecular complexity index is 564. The fraction of sp³-hybridized carbons (Fsp3) is 0.769. The molecule has 3 aliphatic rings. The number of hydrogen-bond donors (Lipinski definition) is 1. The number of fused-ring (bicyclic) bond motifs is 1. The van der Waals surface area contributed by atoms with E-state index in [1.165, 1.54) is 0 Å². The maximum atomic E-state index is 12.4. The van der Waals surface area contributed by atoms with Crippen LogP contribution in [0.5, 0.6) is 0 Å². The number of likely N-dealkylation sites (N-methyl/N-ethyl adjacent to an activating group) is 1. The molecule has 0 saturated carbocycles. The van der Waals surface area contributed by atoms with Crippen LogP contribution in [-0.2, 0) is 15.6 Å². The third-order valence-electron chi connectivity index (χ3n) is 4.56. The molecule has 116 valence electrons. The van der Waals surface area contributed by atoms with Crippen molar-refractivity contribution in [3.05, 3.63) is 0 Å². The van der Waals surface area contributed by atoms with Crippen LogP contribution in [0.1, 0.15) is 26.2 Å². The molecule has 3 unspecified atom stereocenters. The molecular weight excluding hydrogens is 312 g/mol. The Morgan fingerprint density at radius 1 is 1.52 bits per heavy atom. The Hall–Kier alpha value is -0.950. The lowest BCUT2D eigenvalue weighted by Gasteiger charge is -2.35. The minimum Gasteiger partial charge on any atom is -0.344 e. The van der Waals surface area contributed by atoms with E-state index in [1.807, 2.05) is 6.92 Å². The first kappa shape index (κ1) is 15.0. The molecule has 4 atom stereocenters. The first-order chi connectivity index (χ1) is 9.91. The Morgan fingerprint density at radius 2 is 2.29 bits per heavy atom. The monoisotopic (exact) mass is 330 g/mol. The van der Waals surface area contributed by atoms with Gasteiger partial charge in [-0.25, -0.2) is 0 Å². The number of carbonyl (C=O) groups excluding carboxylic acids is 1. The second-order valence-corrected chi connectivity index (χ2v) is 8.26. The molecule has 0 aromatic carbocycles. The minimum atomic E-state index is -1.01. The van der Waals surface area contributed by atoms with Crippen molar-refractivity contribution in [1.82, 2.24) is 10.2 Å². The number of piperidine rings is 1. The van der Waals surface area contributed by atoms with Gasteiger partial charge in [0.25, 0.3) is 0 Å². The van der Waals surface area contributed by atoms with E-state index in [0.29, 0.717) is 29.8 Å². The summed E-state index contributed by atoms with van der Waals surface area (Å²) in [5.41, 5.74) is 0. The summed E-state index contributed by atoms with van der Waals surface area (Å²) < 4.78 is 11.8. The minimum absolute atomic E-state index is 0.0211. The van der Waals surface area contributed by atoms with E-state index < -0.39 is 15.5 Å². The molecule has 1 amide bonds. The Balaban J connectivity index is 1.89. The van der Waals surface area contributed by atoms with Gasteiger partial charge >= 0.3 is 0 Å². The van der Waals surface area contributed by atoms with Gasteiger partial charge in [-0.05, 0) is 31.4 Å². The highest BCUT2D eigenvalue weighted by molar-refractivity contribution is 7.87. The molecule has 21 heavy (non-hydrogen) atoms. The van der Waals surface area contributed by atoms with Crippen molar-refractivity contribution in [2.24, 2.45) is 9.98 Å². The smallest absolute Gasteiger partial charge is 0.222 e. The summed E-state index contributed by atoms with van der Waals surface area (Å²) in [7, 11) is 0.778. The van der Waals surface area contributed by atoms with Gasteiger partial charge in [0.15, 0.2) is 5.29 Å². The molecule has 6 nitrogen and oxygen atoms in total. The number of carbonyl (C=O) groups is 1. The van der Waals surface area contributed by atoms with Gasteiger partial charge in [-0.15, -0.1) is 0 Å². The lowest BCUT2D eigenvalue weighted by Crippen LogP contribution is -2.57. The molecule has 0 bridgehead atoms. The van der Waals surface area contributed by atoms with Crippen molar-refractivity contribution >= 4 is 39.4 Å². The highest BCUT2D eigenvalue weighted by Gasteiger charge is 2.52. The van der Waals surface area contributed by atoms with Crippen molar-refractivity contribution in [3.8, 4) is 0 Å². The van der Waals surface area contributed by atoms with Crippen LogP contribution in [0.25, 0.3) is 0 Å². The maximum absolute atomic E-state index is 12.4. The number of likely N-dealkylation sites (tertiary alicyclic amines) is 1. The molecule has 0 aromatic rings. The van der Waals surface area contributed by atoms with Gasteiger partial charge in [0.2, 0.25) is 5.91 Å².